The van der Waals surface area contributed by atoms with Crippen molar-refractivity contribution in [3.8, 4) is 0 Å². The molecule has 0 bridgehead atoms. The number of rotatable bonds is 3. The summed E-state index contributed by atoms with van der Waals surface area (Å²) in [4.78, 5) is 19.5. The summed E-state index contributed by atoms with van der Waals surface area (Å²) in [5, 5.41) is 0. The molecule has 0 fully saturated rings. The molecule has 0 saturated heterocycles. The second kappa shape index (κ2) is 5.03. The highest BCUT2D eigenvalue weighted by Gasteiger charge is 2.22. The quantitative estimate of drug-likeness (QED) is 0.763. The number of nitrogens with zero attached hydrogens (tertiary/aromatic N) is 2. The summed E-state index contributed by atoms with van der Waals surface area (Å²) in [6, 6.07) is -0.698. The summed E-state index contributed by atoms with van der Waals surface area (Å²) in [6.45, 7) is 5.42. The van der Waals surface area contributed by atoms with Gasteiger partial charge in [0.25, 0.3) is 0 Å². The zero-order chi connectivity index (χ0) is 12.2. The minimum absolute atomic E-state index is 0.336. The van der Waals surface area contributed by atoms with Crippen molar-refractivity contribution in [2.24, 2.45) is 5.73 Å². The van der Waals surface area contributed by atoms with Gasteiger partial charge in [0.15, 0.2) is 0 Å². The summed E-state index contributed by atoms with van der Waals surface area (Å²) >= 11 is 0. The summed E-state index contributed by atoms with van der Waals surface area (Å²) in [6.07, 6.45) is 5.06. The fraction of sp³-hybridized carbons (Fsp3) is 0.545. The molecule has 0 radical (unpaired) electrons. The minimum Gasteiger partial charge on any atom is -0.459 e. The van der Waals surface area contributed by atoms with Gasteiger partial charge in [-0.25, -0.2) is 0 Å². The Balaban J connectivity index is 2.53. The molecule has 0 aliphatic heterocycles. The fourth-order valence-electron chi connectivity index (χ4n) is 1.12. The van der Waals surface area contributed by atoms with Crippen LogP contribution in [0.25, 0.3) is 0 Å². The Kier molecular flexibility index (Phi) is 3.95. The van der Waals surface area contributed by atoms with E-state index in [9.17, 15) is 4.79 Å². The van der Waals surface area contributed by atoms with Crippen molar-refractivity contribution in [3.63, 3.8) is 0 Å². The number of hydrogen-bond acceptors (Lipinski definition) is 5. The van der Waals surface area contributed by atoms with Crippen LogP contribution in [-0.2, 0) is 16.0 Å². The first-order valence-corrected chi connectivity index (χ1v) is 5.12. The number of aromatic nitrogens is 2. The largest absolute Gasteiger partial charge is 0.459 e. The molecular formula is C11H17N3O2. The van der Waals surface area contributed by atoms with E-state index in [1.807, 2.05) is 0 Å². The third-order valence-corrected chi connectivity index (χ3v) is 1.76. The van der Waals surface area contributed by atoms with E-state index in [1.165, 1.54) is 0 Å². The summed E-state index contributed by atoms with van der Waals surface area (Å²) in [7, 11) is 0. The van der Waals surface area contributed by atoms with Crippen LogP contribution >= 0.6 is 0 Å². The number of carbonyl (C=O) groups is 1. The van der Waals surface area contributed by atoms with Crippen molar-refractivity contribution in [1.82, 2.24) is 9.97 Å². The molecule has 1 heterocycles. The van der Waals surface area contributed by atoms with E-state index in [4.69, 9.17) is 10.5 Å². The van der Waals surface area contributed by atoms with Crippen LogP contribution in [0.2, 0.25) is 0 Å². The highest BCUT2D eigenvalue weighted by atomic mass is 16.6. The van der Waals surface area contributed by atoms with Gasteiger partial charge < -0.3 is 10.5 Å². The van der Waals surface area contributed by atoms with Gasteiger partial charge in [0.1, 0.15) is 11.6 Å². The van der Waals surface area contributed by atoms with Crippen molar-refractivity contribution in [3.05, 3.63) is 24.3 Å². The van der Waals surface area contributed by atoms with Crippen molar-refractivity contribution in [2.75, 3.05) is 0 Å². The lowest BCUT2D eigenvalue weighted by molar-refractivity contribution is -0.156. The molecule has 1 rings (SSSR count). The Labute approximate surface area is 95.0 Å². The molecule has 1 atom stereocenters. The first-order chi connectivity index (χ1) is 7.38. The molecular weight excluding hydrogens is 206 g/mol. The van der Waals surface area contributed by atoms with Crippen LogP contribution in [0.5, 0.6) is 0 Å². The maximum Gasteiger partial charge on any atom is 0.323 e. The first kappa shape index (κ1) is 12.6. The average molecular weight is 223 g/mol. The van der Waals surface area contributed by atoms with E-state index < -0.39 is 17.6 Å². The van der Waals surface area contributed by atoms with Crippen LogP contribution < -0.4 is 5.73 Å². The minimum atomic E-state index is -0.698. The van der Waals surface area contributed by atoms with E-state index in [0.717, 1.165) is 0 Å². The molecule has 5 nitrogen and oxygen atoms in total. The lowest BCUT2D eigenvalue weighted by Crippen LogP contribution is -2.39. The molecule has 5 heteroatoms. The van der Waals surface area contributed by atoms with Crippen LogP contribution in [-0.4, -0.2) is 27.6 Å². The summed E-state index contributed by atoms with van der Waals surface area (Å²) in [5.74, 6) is -0.418. The molecule has 1 unspecified atom stereocenters. The van der Waals surface area contributed by atoms with Crippen LogP contribution in [0.1, 0.15) is 26.5 Å². The number of ether oxygens (including phenoxy) is 1. The summed E-state index contributed by atoms with van der Waals surface area (Å²) in [5.41, 5.74) is 5.88. The molecule has 16 heavy (non-hydrogen) atoms. The van der Waals surface area contributed by atoms with Crippen LogP contribution in [0.15, 0.2) is 18.6 Å². The molecule has 88 valence electrons. The monoisotopic (exact) mass is 223 g/mol. The van der Waals surface area contributed by atoms with Crippen LogP contribution in [0, 0.1) is 0 Å². The molecule has 1 aromatic heterocycles. The maximum absolute atomic E-state index is 11.6. The first-order valence-electron chi connectivity index (χ1n) is 5.12. The molecule has 0 aliphatic carbocycles. The van der Waals surface area contributed by atoms with E-state index >= 15 is 0 Å². The van der Waals surface area contributed by atoms with Gasteiger partial charge in [-0.05, 0) is 20.8 Å². The van der Waals surface area contributed by atoms with Gasteiger partial charge in [0.2, 0.25) is 0 Å². The van der Waals surface area contributed by atoms with Crippen molar-refractivity contribution in [1.29, 1.82) is 0 Å². The van der Waals surface area contributed by atoms with E-state index in [0.29, 0.717) is 12.1 Å². The number of esters is 1. The third kappa shape index (κ3) is 4.35. The lowest BCUT2D eigenvalue weighted by Gasteiger charge is -2.21. The van der Waals surface area contributed by atoms with E-state index in [2.05, 4.69) is 9.97 Å². The van der Waals surface area contributed by atoms with Gasteiger partial charge in [-0.2, -0.15) is 0 Å². The van der Waals surface area contributed by atoms with E-state index in [1.54, 1.807) is 39.4 Å². The Morgan fingerprint density at radius 3 is 2.69 bits per heavy atom. The van der Waals surface area contributed by atoms with Gasteiger partial charge in [-0.15, -0.1) is 0 Å². The highest BCUT2D eigenvalue weighted by Crippen LogP contribution is 2.09. The topological polar surface area (TPSA) is 78.1 Å². The van der Waals surface area contributed by atoms with E-state index in [-0.39, 0.29) is 0 Å². The Morgan fingerprint density at radius 2 is 2.19 bits per heavy atom. The molecule has 1 aromatic rings. The molecule has 0 aliphatic rings. The van der Waals surface area contributed by atoms with Gasteiger partial charge in [0, 0.05) is 25.0 Å². The van der Waals surface area contributed by atoms with Gasteiger partial charge in [-0.1, -0.05) is 0 Å². The Hall–Kier alpha value is -1.49. The lowest BCUT2D eigenvalue weighted by atomic mass is 10.1. The fourth-order valence-corrected chi connectivity index (χ4v) is 1.12. The highest BCUT2D eigenvalue weighted by molar-refractivity contribution is 5.76. The predicted octanol–water partition coefficient (Wildman–Crippen LogP) is 0.688. The Morgan fingerprint density at radius 1 is 1.50 bits per heavy atom. The number of nitrogens with two attached hydrogens (primary N) is 1. The standard InChI is InChI=1S/C11H17N3O2/c1-11(2,3)16-10(15)9(12)6-8-7-13-4-5-14-8/h4-5,7,9H,6,12H2,1-3H3. The Bertz CT molecular complexity index is 346. The van der Waals surface area contributed by atoms with Gasteiger partial charge in [-0.3, -0.25) is 14.8 Å². The predicted molar refractivity (Wildman–Crippen MR) is 59.6 cm³/mol. The summed E-state index contributed by atoms with van der Waals surface area (Å²) < 4.78 is 5.16. The molecule has 2 N–H and O–H groups in total. The zero-order valence-corrected chi connectivity index (χ0v) is 9.80. The maximum atomic E-state index is 11.6. The van der Waals surface area contributed by atoms with Crippen molar-refractivity contribution >= 4 is 5.97 Å². The van der Waals surface area contributed by atoms with Crippen LogP contribution in [0.3, 0.4) is 0 Å². The van der Waals surface area contributed by atoms with Crippen molar-refractivity contribution < 1.29 is 9.53 Å². The number of carbonyl (C=O) groups excluding carboxylic acids is 1. The average Bonchev–Trinajstić information content (AvgIpc) is 2.16. The number of hydrogen-bond donors (Lipinski definition) is 1. The second-order valence-corrected chi connectivity index (χ2v) is 4.54. The molecule has 0 aromatic carbocycles. The zero-order valence-electron chi connectivity index (χ0n) is 9.80. The molecule has 0 spiro atoms. The third-order valence-electron chi connectivity index (χ3n) is 1.76. The van der Waals surface area contributed by atoms with Crippen LogP contribution in [0.4, 0.5) is 0 Å². The molecule has 0 amide bonds. The normalized spacial score (nSPS) is 13.2. The molecule has 0 saturated carbocycles. The smallest absolute Gasteiger partial charge is 0.323 e. The van der Waals surface area contributed by atoms with Crippen molar-refractivity contribution in [2.45, 2.75) is 38.8 Å². The van der Waals surface area contributed by atoms with Gasteiger partial charge in [0.05, 0.1) is 5.69 Å². The second-order valence-electron chi connectivity index (χ2n) is 4.54. The van der Waals surface area contributed by atoms with Gasteiger partial charge >= 0.3 is 5.97 Å². The SMILES string of the molecule is CC(C)(C)OC(=O)C(N)Cc1cnccn1.